The van der Waals surface area contributed by atoms with Gasteiger partial charge in [0.25, 0.3) is 0 Å². The Morgan fingerprint density at radius 3 is 2.34 bits per heavy atom. The Morgan fingerprint density at radius 2 is 1.72 bits per heavy atom. The lowest BCUT2D eigenvalue weighted by Crippen LogP contribution is -2.42. The molecule has 29 heavy (non-hydrogen) atoms. The minimum absolute atomic E-state index is 0.185. The number of carbonyl (C=O) groups excluding carboxylic acids is 1. The summed E-state index contributed by atoms with van der Waals surface area (Å²) < 4.78 is 5.21. The molecule has 0 spiro atoms. The second kappa shape index (κ2) is 10.3. The molecule has 2 rings (SSSR count). The summed E-state index contributed by atoms with van der Waals surface area (Å²) in [6.07, 6.45) is 4.03. The van der Waals surface area contributed by atoms with E-state index in [4.69, 9.17) is 17.0 Å². The SMILES string of the molecule is CCCOC(=O)[C@H](Cc1ccc(O)c(O)c1)NC(=S)/C=C/c1ccc(O)c(O)c1. The van der Waals surface area contributed by atoms with Gasteiger partial charge in [-0.3, -0.25) is 0 Å². The number of hydrogen-bond acceptors (Lipinski definition) is 7. The highest BCUT2D eigenvalue weighted by atomic mass is 32.1. The zero-order chi connectivity index (χ0) is 21.4. The Labute approximate surface area is 173 Å². The van der Waals surface area contributed by atoms with Gasteiger partial charge < -0.3 is 30.5 Å². The van der Waals surface area contributed by atoms with Crippen molar-refractivity contribution >= 4 is 29.3 Å². The minimum atomic E-state index is -0.795. The lowest BCUT2D eigenvalue weighted by molar-refractivity contribution is -0.145. The summed E-state index contributed by atoms with van der Waals surface area (Å²) >= 11 is 5.28. The van der Waals surface area contributed by atoms with Crippen LogP contribution in [-0.2, 0) is 16.0 Å². The van der Waals surface area contributed by atoms with Gasteiger partial charge in [-0.15, -0.1) is 0 Å². The largest absolute Gasteiger partial charge is 0.504 e. The molecule has 5 N–H and O–H groups in total. The van der Waals surface area contributed by atoms with E-state index in [1.807, 2.05) is 6.92 Å². The maximum absolute atomic E-state index is 12.4. The standard InChI is InChI=1S/C21H23NO6S/c1-2-9-28-21(27)15(10-14-4-7-17(24)19(26)12-14)22-20(29)8-5-13-3-6-16(23)18(25)11-13/h3-8,11-12,15,23-26H,2,9-10H2,1H3,(H,22,29)/b8-5+/t15-/m0/s1. The van der Waals surface area contributed by atoms with Crippen molar-refractivity contribution < 1.29 is 30.0 Å². The number of esters is 1. The number of ether oxygens (including phenoxy) is 1. The molecule has 154 valence electrons. The first-order valence-electron chi connectivity index (χ1n) is 8.98. The van der Waals surface area contributed by atoms with Crippen LogP contribution in [0.5, 0.6) is 23.0 Å². The highest BCUT2D eigenvalue weighted by Gasteiger charge is 2.21. The van der Waals surface area contributed by atoms with Crippen LogP contribution in [0.1, 0.15) is 24.5 Å². The van der Waals surface area contributed by atoms with Crippen LogP contribution >= 0.6 is 12.2 Å². The van der Waals surface area contributed by atoms with Crippen molar-refractivity contribution in [3.05, 3.63) is 53.6 Å². The van der Waals surface area contributed by atoms with Crippen LogP contribution in [0.4, 0.5) is 0 Å². The quantitative estimate of drug-likeness (QED) is 0.192. The molecule has 0 fully saturated rings. The Morgan fingerprint density at radius 1 is 1.07 bits per heavy atom. The number of benzene rings is 2. The van der Waals surface area contributed by atoms with E-state index in [2.05, 4.69) is 5.32 Å². The maximum Gasteiger partial charge on any atom is 0.328 e. The molecule has 0 aromatic heterocycles. The van der Waals surface area contributed by atoms with Gasteiger partial charge in [0.1, 0.15) is 6.04 Å². The normalized spacial score (nSPS) is 11.9. The third-order valence-corrected chi connectivity index (χ3v) is 4.21. The molecular formula is C21H23NO6S. The molecule has 8 heteroatoms. The van der Waals surface area contributed by atoms with E-state index in [1.54, 1.807) is 24.3 Å². The van der Waals surface area contributed by atoms with Gasteiger partial charge in [0.05, 0.1) is 11.6 Å². The van der Waals surface area contributed by atoms with Gasteiger partial charge in [0.15, 0.2) is 23.0 Å². The fourth-order valence-electron chi connectivity index (χ4n) is 2.46. The number of carbonyl (C=O) groups is 1. The topological polar surface area (TPSA) is 119 Å². The van der Waals surface area contributed by atoms with Crippen molar-refractivity contribution in [3.63, 3.8) is 0 Å². The molecule has 0 saturated carbocycles. The molecule has 0 heterocycles. The smallest absolute Gasteiger partial charge is 0.328 e. The van der Waals surface area contributed by atoms with Crippen molar-refractivity contribution in [1.82, 2.24) is 5.32 Å². The van der Waals surface area contributed by atoms with Crippen LogP contribution in [-0.4, -0.2) is 44.0 Å². The third kappa shape index (κ3) is 6.69. The van der Waals surface area contributed by atoms with Crippen molar-refractivity contribution in [2.45, 2.75) is 25.8 Å². The van der Waals surface area contributed by atoms with Gasteiger partial charge in [0.2, 0.25) is 0 Å². The summed E-state index contributed by atoms with van der Waals surface area (Å²) in [6, 6.07) is 7.84. The number of thiocarbonyl (C=S) groups is 1. The first-order chi connectivity index (χ1) is 13.8. The molecule has 0 saturated heterocycles. The second-order valence-electron chi connectivity index (χ2n) is 6.34. The molecule has 1 atom stereocenters. The Hall–Kier alpha value is -3.26. The van der Waals surface area contributed by atoms with Crippen LogP contribution in [0.2, 0.25) is 0 Å². The summed E-state index contributed by atoms with van der Waals surface area (Å²) in [4.78, 5) is 12.7. The number of hydrogen-bond donors (Lipinski definition) is 5. The Balaban J connectivity index is 2.11. The predicted molar refractivity (Wildman–Crippen MR) is 113 cm³/mol. The summed E-state index contributed by atoms with van der Waals surface area (Å²) in [5, 5.41) is 40.9. The molecule has 0 aliphatic rings. The predicted octanol–water partition coefficient (Wildman–Crippen LogP) is 3.00. The van der Waals surface area contributed by atoms with Gasteiger partial charge >= 0.3 is 5.97 Å². The van der Waals surface area contributed by atoms with E-state index in [0.29, 0.717) is 17.5 Å². The van der Waals surface area contributed by atoms with Crippen LogP contribution < -0.4 is 5.32 Å². The summed E-state index contributed by atoms with van der Waals surface area (Å²) in [5.41, 5.74) is 1.22. The number of aromatic hydroxyl groups is 4. The van der Waals surface area contributed by atoms with Crippen molar-refractivity contribution in [2.24, 2.45) is 0 Å². The van der Waals surface area contributed by atoms with E-state index in [1.165, 1.54) is 24.3 Å². The molecule has 0 bridgehead atoms. The zero-order valence-electron chi connectivity index (χ0n) is 15.8. The number of phenolic OH excluding ortho intramolecular Hbond substituents is 4. The summed E-state index contributed by atoms with van der Waals surface area (Å²) in [7, 11) is 0. The molecule has 0 aliphatic heterocycles. The van der Waals surface area contributed by atoms with Gasteiger partial charge in [0, 0.05) is 6.42 Å². The van der Waals surface area contributed by atoms with Crippen molar-refractivity contribution in [3.8, 4) is 23.0 Å². The van der Waals surface area contributed by atoms with E-state index >= 15 is 0 Å². The van der Waals surface area contributed by atoms with Gasteiger partial charge in [-0.2, -0.15) is 0 Å². The van der Waals surface area contributed by atoms with Crippen LogP contribution in [0.15, 0.2) is 42.5 Å². The molecule has 2 aromatic carbocycles. The molecule has 0 aliphatic carbocycles. The first kappa shape index (κ1) is 22.0. The average molecular weight is 417 g/mol. The number of nitrogens with one attached hydrogen (secondary N) is 1. The first-order valence-corrected chi connectivity index (χ1v) is 9.39. The molecule has 2 aromatic rings. The van der Waals surface area contributed by atoms with Crippen LogP contribution in [0, 0.1) is 0 Å². The average Bonchev–Trinajstić information content (AvgIpc) is 2.69. The molecular weight excluding hydrogens is 394 g/mol. The van der Waals surface area contributed by atoms with Crippen LogP contribution in [0.25, 0.3) is 6.08 Å². The van der Waals surface area contributed by atoms with Crippen molar-refractivity contribution in [2.75, 3.05) is 6.61 Å². The summed E-state index contributed by atoms with van der Waals surface area (Å²) in [5.74, 6) is -1.49. The van der Waals surface area contributed by atoms with E-state index < -0.39 is 12.0 Å². The monoisotopic (exact) mass is 417 g/mol. The van der Waals surface area contributed by atoms with E-state index in [-0.39, 0.29) is 41.0 Å². The van der Waals surface area contributed by atoms with Gasteiger partial charge in [-0.1, -0.05) is 37.4 Å². The molecule has 0 amide bonds. The van der Waals surface area contributed by atoms with Crippen molar-refractivity contribution in [1.29, 1.82) is 0 Å². The minimum Gasteiger partial charge on any atom is -0.504 e. The Kier molecular flexibility index (Phi) is 7.85. The summed E-state index contributed by atoms with van der Waals surface area (Å²) in [6.45, 7) is 2.15. The van der Waals surface area contributed by atoms with Crippen LogP contribution in [0.3, 0.4) is 0 Å². The lowest BCUT2D eigenvalue weighted by atomic mass is 10.1. The lowest BCUT2D eigenvalue weighted by Gasteiger charge is -2.18. The highest BCUT2D eigenvalue weighted by molar-refractivity contribution is 7.80. The second-order valence-corrected chi connectivity index (χ2v) is 6.78. The van der Waals surface area contributed by atoms with Gasteiger partial charge in [-0.05, 0) is 47.9 Å². The Bertz CT molecular complexity index is 912. The highest BCUT2D eigenvalue weighted by Crippen LogP contribution is 2.26. The fraction of sp³-hybridized carbons (Fsp3) is 0.238. The molecule has 0 radical (unpaired) electrons. The molecule has 0 unspecified atom stereocenters. The van der Waals surface area contributed by atoms with Gasteiger partial charge in [-0.25, -0.2) is 4.79 Å². The van der Waals surface area contributed by atoms with E-state index in [0.717, 1.165) is 0 Å². The number of phenols is 4. The molecule has 7 nitrogen and oxygen atoms in total. The maximum atomic E-state index is 12.4. The van der Waals surface area contributed by atoms with E-state index in [9.17, 15) is 25.2 Å². The number of rotatable bonds is 8. The third-order valence-electron chi connectivity index (χ3n) is 3.96. The zero-order valence-corrected chi connectivity index (χ0v) is 16.6. The fourth-order valence-corrected chi connectivity index (χ4v) is 2.67.